The molecule has 1 unspecified atom stereocenters. The molecule has 1 atom stereocenters. The minimum atomic E-state index is 0.165. The molecule has 2 aromatic carbocycles. The lowest BCUT2D eigenvalue weighted by molar-refractivity contribution is 0.194. The quantitative estimate of drug-likeness (QED) is 0.904. The number of halogens is 1. The molecule has 2 aromatic rings. The Morgan fingerprint density at radius 2 is 1.91 bits per heavy atom. The van der Waals surface area contributed by atoms with Gasteiger partial charge in [-0.25, -0.2) is 0 Å². The summed E-state index contributed by atoms with van der Waals surface area (Å²) in [6.07, 6.45) is 0. The average Bonchev–Trinajstić information content (AvgIpc) is 2.58. The maximum absolute atomic E-state index is 6.25. The third kappa shape index (κ3) is 3.86. The highest BCUT2D eigenvalue weighted by Gasteiger charge is 2.26. The van der Waals surface area contributed by atoms with Gasteiger partial charge in [0.2, 0.25) is 0 Å². The van der Waals surface area contributed by atoms with Crippen LogP contribution < -0.4 is 10.1 Å². The fraction of sp³-hybridized carbons (Fsp3) is 0.368. The van der Waals surface area contributed by atoms with E-state index < -0.39 is 0 Å². The predicted octanol–water partition coefficient (Wildman–Crippen LogP) is 3.73. The second-order valence-electron chi connectivity index (χ2n) is 5.71. The molecule has 1 N–H and O–H groups in total. The van der Waals surface area contributed by atoms with Crippen LogP contribution in [-0.4, -0.2) is 37.7 Å². The van der Waals surface area contributed by atoms with Crippen LogP contribution in [0.3, 0.4) is 0 Å². The van der Waals surface area contributed by atoms with Crippen LogP contribution in [0.5, 0.6) is 5.75 Å². The highest BCUT2D eigenvalue weighted by molar-refractivity contribution is 6.30. The topological polar surface area (TPSA) is 24.5 Å². The molecule has 4 heteroatoms. The Labute approximate surface area is 143 Å². The van der Waals surface area contributed by atoms with Gasteiger partial charge in [0, 0.05) is 36.8 Å². The molecule has 0 radical (unpaired) electrons. The Hall–Kier alpha value is -1.55. The summed E-state index contributed by atoms with van der Waals surface area (Å²) in [5.74, 6) is 0.957. The van der Waals surface area contributed by atoms with E-state index in [1.807, 2.05) is 25.1 Å². The summed E-state index contributed by atoms with van der Waals surface area (Å²) in [4.78, 5) is 2.50. The summed E-state index contributed by atoms with van der Waals surface area (Å²) in [7, 11) is 0. The van der Waals surface area contributed by atoms with Gasteiger partial charge in [-0.05, 0) is 30.7 Å². The number of nitrogens with one attached hydrogen (secondary N) is 1. The number of hydrogen-bond donors (Lipinski definition) is 1. The van der Waals surface area contributed by atoms with Crippen LogP contribution in [0, 0.1) is 0 Å². The summed E-state index contributed by atoms with van der Waals surface area (Å²) >= 11 is 6.25. The van der Waals surface area contributed by atoms with Crippen LogP contribution in [0.25, 0.3) is 0 Å². The molecule has 122 valence electrons. The zero-order chi connectivity index (χ0) is 16.1. The van der Waals surface area contributed by atoms with E-state index in [0.717, 1.165) is 37.0 Å². The molecule has 0 aromatic heterocycles. The second kappa shape index (κ2) is 7.82. The summed E-state index contributed by atoms with van der Waals surface area (Å²) < 4.78 is 5.89. The smallest absolute Gasteiger partial charge is 0.124 e. The highest BCUT2D eigenvalue weighted by atomic mass is 35.5. The first-order valence-corrected chi connectivity index (χ1v) is 8.59. The molecule has 0 amide bonds. The molecule has 1 fully saturated rings. The largest absolute Gasteiger partial charge is 0.494 e. The van der Waals surface area contributed by atoms with Crippen LogP contribution in [-0.2, 0) is 0 Å². The summed E-state index contributed by atoms with van der Waals surface area (Å²) in [5, 5.41) is 4.20. The molecule has 3 rings (SSSR count). The van der Waals surface area contributed by atoms with Crippen molar-refractivity contribution in [1.29, 1.82) is 0 Å². The number of nitrogens with zero attached hydrogens (tertiary/aromatic N) is 1. The molecule has 3 nitrogen and oxygen atoms in total. The third-order valence-electron chi connectivity index (χ3n) is 4.19. The van der Waals surface area contributed by atoms with E-state index in [1.165, 1.54) is 11.1 Å². The number of benzene rings is 2. The molecule has 1 aliphatic rings. The van der Waals surface area contributed by atoms with E-state index in [4.69, 9.17) is 16.3 Å². The lowest BCUT2D eigenvalue weighted by atomic mass is 9.95. The van der Waals surface area contributed by atoms with Crippen LogP contribution in [0.2, 0.25) is 5.02 Å². The fourth-order valence-electron chi connectivity index (χ4n) is 3.20. The number of hydrogen-bond acceptors (Lipinski definition) is 3. The summed E-state index contributed by atoms with van der Waals surface area (Å²) in [6, 6.07) is 16.7. The van der Waals surface area contributed by atoms with Gasteiger partial charge in [0.05, 0.1) is 12.6 Å². The normalized spacial score (nSPS) is 17.0. The first kappa shape index (κ1) is 16.3. The van der Waals surface area contributed by atoms with Crippen molar-refractivity contribution in [3.63, 3.8) is 0 Å². The number of ether oxygens (including phenoxy) is 1. The monoisotopic (exact) mass is 330 g/mol. The van der Waals surface area contributed by atoms with Crippen molar-refractivity contribution in [2.24, 2.45) is 0 Å². The van der Waals surface area contributed by atoms with Gasteiger partial charge in [0.15, 0.2) is 0 Å². The van der Waals surface area contributed by atoms with Crippen molar-refractivity contribution in [3.05, 3.63) is 64.7 Å². The maximum Gasteiger partial charge on any atom is 0.124 e. The first-order chi connectivity index (χ1) is 11.3. The van der Waals surface area contributed by atoms with Crippen LogP contribution in [0.1, 0.15) is 24.1 Å². The molecule has 23 heavy (non-hydrogen) atoms. The van der Waals surface area contributed by atoms with Crippen LogP contribution >= 0.6 is 11.6 Å². The van der Waals surface area contributed by atoms with Gasteiger partial charge < -0.3 is 10.1 Å². The number of piperazine rings is 1. The van der Waals surface area contributed by atoms with Crippen molar-refractivity contribution in [1.82, 2.24) is 10.2 Å². The summed E-state index contributed by atoms with van der Waals surface area (Å²) in [6.45, 7) is 6.73. The minimum absolute atomic E-state index is 0.165. The molecule has 1 heterocycles. The average molecular weight is 331 g/mol. The van der Waals surface area contributed by atoms with Gasteiger partial charge >= 0.3 is 0 Å². The lowest BCUT2D eigenvalue weighted by Gasteiger charge is -2.36. The van der Waals surface area contributed by atoms with E-state index in [2.05, 4.69) is 40.5 Å². The second-order valence-corrected chi connectivity index (χ2v) is 6.15. The predicted molar refractivity (Wildman–Crippen MR) is 95.3 cm³/mol. The highest BCUT2D eigenvalue weighted by Crippen LogP contribution is 2.35. The Kier molecular flexibility index (Phi) is 5.55. The van der Waals surface area contributed by atoms with Crippen molar-refractivity contribution < 1.29 is 4.74 Å². The van der Waals surface area contributed by atoms with Crippen molar-refractivity contribution in [3.8, 4) is 5.75 Å². The first-order valence-electron chi connectivity index (χ1n) is 8.21. The van der Waals surface area contributed by atoms with Gasteiger partial charge in [-0.3, -0.25) is 4.90 Å². The summed E-state index contributed by atoms with van der Waals surface area (Å²) in [5.41, 5.74) is 2.42. The van der Waals surface area contributed by atoms with Crippen molar-refractivity contribution in [2.45, 2.75) is 13.0 Å². The zero-order valence-electron chi connectivity index (χ0n) is 13.5. The number of rotatable bonds is 5. The standard InChI is InChI=1S/C19H23ClN2O/c1-2-23-18-9-4-3-8-17(18)19(22-12-10-21-11-13-22)15-6-5-7-16(20)14-15/h3-9,14,19,21H,2,10-13H2,1H3. The lowest BCUT2D eigenvalue weighted by Crippen LogP contribution is -2.45. The van der Waals surface area contributed by atoms with Gasteiger partial charge in [-0.15, -0.1) is 0 Å². The molecule has 0 bridgehead atoms. The Morgan fingerprint density at radius 1 is 1.13 bits per heavy atom. The van der Waals surface area contributed by atoms with Crippen molar-refractivity contribution in [2.75, 3.05) is 32.8 Å². The molecule has 1 aliphatic heterocycles. The van der Waals surface area contributed by atoms with Gasteiger partial charge in [-0.1, -0.05) is 41.9 Å². The zero-order valence-corrected chi connectivity index (χ0v) is 14.2. The van der Waals surface area contributed by atoms with Gasteiger partial charge in [0.1, 0.15) is 5.75 Å². The molecular formula is C19H23ClN2O. The van der Waals surface area contributed by atoms with E-state index in [9.17, 15) is 0 Å². The Morgan fingerprint density at radius 3 is 2.65 bits per heavy atom. The van der Waals surface area contributed by atoms with E-state index in [1.54, 1.807) is 0 Å². The maximum atomic E-state index is 6.25. The molecule has 1 saturated heterocycles. The van der Waals surface area contributed by atoms with Crippen LogP contribution in [0.4, 0.5) is 0 Å². The van der Waals surface area contributed by atoms with Gasteiger partial charge in [0.25, 0.3) is 0 Å². The SMILES string of the molecule is CCOc1ccccc1C(c1cccc(Cl)c1)N1CCNCC1. The third-order valence-corrected chi connectivity index (χ3v) is 4.43. The van der Waals surface area contributed by atoms with Gasteiger partial charge in [-0.2, -0.15) is 0 Å². The van der Waals surface area contributed by atoms with Crippen molar-refractivity contribution >= 4 is 11.6 Å². The number of para-hydroxylation sites is 1. The van der Waals surface area contributed by atoms with E-state index in [0.29, 0.717) is 6.61 Å². The molecule has 0 saturated carbocycles. The van der Waals surface area contributed by atoms with E-state index in [-0.39, 0.29) is 6.04 Å². The van der Waals surface area contributed by atoms with Crippen LogP contribution in [0.15, 0.2) is 48.5 Å². The molecular weight excluding hydrogens is 308 g/mol. The minimum Gasteiger partial charge on any atom is -0.494 e. The Bertz CT molecular complexity index is 641. The van der Waals surface area contributed by atoms with E-state index >= 15 is 0 Å². The fourth-order valence-corrected chi connectivity index (χ4v) is 3.40. The molecule has 0 spiro atoms. The Balaban J connectivity index is 2.04. The molecule has 0 aliphatic carbocycles.